The molecule has 0 bridgehead atoms. The molecule has 0 amide bonds. The van der Waals surface area contributed by atoms with Crippen LogP contribution in [0.2, 0.25) is 0 Å². The Hall–Kier alpha value is -1.88. The highest BCUT2D eigenvalue weighted by Crippen LogP contribution is 2.22. The fourth-order valence-corrected chi connectivity index (χ4v) is 2.40. The lowest BCUT2D eigenvalue weighted by Crippen LogP contribution is -2.00. The molecule has 3 rings (SSSR count). The third kappa shape index (κ3) is 2.01. The topological polar surface area (TPSA) is 51.0 Å². The van der Waals surface area contributed by atoms with Gasteiger partial charge in [-0.15, -0.1) is 11.3 Å². The van der Waals surface area contributed by atoms with Crippen molar-refractivity contribution in [2.24, 2.45) is 0 Å². The molecule has 0 aliphatic heterocycles. The quantitative estimate of drug-likeness (QED) is 0.769. The highest BCUT2D eigenvalue weighted by atomic mass is 32.1. The number of anilines is 1. The van der Waals surface area contributed by atoms with Crippen molar-refractivity contribution < 1.29 is 4.42 Å². The van der Waals surface area contributed by atoms with E-state index in [9.17, 15) is 0 Å². The third-order valence-corrected chi connectivity index (χ3v) is 3.37. The van der Waals surface area contributed by atoms with Gasteiger partial charge in [-0.1, -0.05) is 0 Å². The molecule has 0 unspecified atom stereocenters. The summed E-state index contributed by atoms with van der Waals surface area (Å²) < 4.78 is 5.32. The molecular weight excluding hydrogens is 234 g/mol. The Morgan fingerprint density at radius 3 is 3.12 bits per heavy atom. The van der Waals surface area contributed by atoms with Crippen molar-refractivity contribution >= 4 is 28.1 Å². The number of furan rings is 1. The molecule has 3 aromatic rings. The summed E-state index contributed by atoms with van der Waals surface area (Å²) in [5.74, 6) is 0.837. The van der Waals surface area contributed by atoms with E-state index in [1.165, 1.54) is 4.88 Å². The molecule has 0 fully saturated rings. The third-order valence-electron chi connectivity index (χ3n) is 2.46. The van der Waals surface area contributed by atoms with Gasteiger partial charge in [-0.3, -0.25) is 0 Å². The van der Waals surface area contributed by atoms with Crippen molar-refractivity contribution in [1.29, 1.82) is 0 Å². The van der Waals surface area contributed by atoms with E-state index in [1.54, 1.807) is 23.8 Å². The van der Waals surface area contributed by atoms with Gasteiger partial charge in [0.05, 0.1) is 18.2 Å². The van der Waals surface area contributed by atoms with Gasteiger partial charge in [0.2, 0.25) is 0 Å². The maximum absolute atomic E-state index is 5.32. The maximum atomic E-state index is 5.32. The molecule has 0 atom stereocenters. The minimum atomic E-state index is 0.690. The van der Waals surface area contributed by atoms with Crippen LogP contribution >= 0.6 is 11.3 Å². The second kappa shape index (κ2) is 4.18. The summed E-state index contributed by atoms with van der Waals surface area (Å²) >= 11 is 1.69. The standard InChI is InChI=1S/C12H11N3OS/c1-8-6-14-11(17-8)7-15-12-9-3-5-16-10(9)2-4-13-12/h2-6H,7H2,1H3,(H,13,15). The number of hydrogen-bond acceptors (Lipinski definition) is 5. The predicted molar refractivity (Wildman–Crippen MR) is 68.2 cm³/mol. The van der Waals surface area contributed by atoms with Gasteiger partial charge in [0.1, 0.15) is 16.4 Å². The second-order valence-electron chi connectivity index (χ2n) is 3.71. The molecule has 0 saturated carbocycles. The maximum Gasteiger partial charge on any atom is 0.139 e. The number of aromatic nitrogens is 2. The molecule has 3 heterocycles. The van der Waals surface area contributed by atoms with Crippen molar-refractivity contribution in [2.75, 3.05) is 5.32 Å². The molecule has 0 radical (unpaired) electrons. The second-order valence-corrected chi connectivity index (χ2v) is 5.03. The number of rotatable bonds is 3. The molecule has 3 aromatic heterocycles. The van der Waals surface area contributed by atoms with Crippen molar-refractivity contribution in [3.63, 3.8) is 0 Å². The summed E-state index contributed by atoms with van der Waals surface area (Å²) in [6, 6.07) is 3.77. The van der Waals surface area contributed by atoms with E-state index in [-0.39, 0.29) is 0 Å². The Morgan fingerprint density at radius 1 is 1.35 bits per heavy atom. The van der Waals surface area contributed by atoms with Crippen LogP contribution < -0.4 is 5.32 Å². The monoisotopic (exact) mass is 245 g/mol. The van der Waals surface area contributed by atoms with Gasteiger partial charge in [0, 0.05) is 17.3 Å². The number of nitrogens with zero attached hydrogens (tertiary/aromatic N) is 2. The number of thiazole rings is 1. The Morgan fingerprint density at radius 2 is 2.29 bits per heavy atom. The van der Waals surface area contributed by atoms with Crippen LogP contribution in [0.1, 0.15) is 9.88 Å². The average molecular weight is 245 g/mol. The molecule has 0 aliphatic rings. The molecule has 17 heavy (non-hydrogen) atoms. The lowest BCUT2D eigenvalue weighted by molar-refractivity contribution is 0.615. The number of pyridine rings is 1. The van der Waals surface area contributed by atoms with Crippen LogP contribution in [0.3, 0.4) is 0 Å². The first-order valence-corrected chi connectivity index (χ1v) is 6.12. The Bertz CT molecular complexity index is 644. The van der Waals surface area contributed by atoms with Crippen LogP contribution in [0, 0.1) is 6.92 Å². The molecule has 86 valence electrons. The molecule has 0 aromatic carbocycles. The van der Waals surface area contributed by atoms with E-state index in [4.69, 9.17) is 4.42 Å². The van der Waals surface area contributed by atoms with Gasteiger partial charge in [0.25, 0.3) is 0 Å². The van der Waals surface area contributed by atoms with E-state index in [2.05, 4.69) is 22.2 Å². The van der Waals surface area contributed by atoms with E-state index in [0.29, 0.717) is 6.54 Å². The van der Waals surface area contributed by atoms with Crippen molar-refractivity contribution in [1.82, 2.24) is 9.97 Å². The molecule has 1 N–H and O–H groups in total. The van der Waals surface area contributed by atoms with Gasteiger partial charge < -0.3 is 9.73 Å². The SMILES string of the molecule is Cc1cnc(CNc2nccc3occc23)s1. The summed E-state index contributed by atoms with van der Waals surface area (Å²) in [5, 5.41) is 5.34. The lowest BCUT2D eigenvalue weighted by atomic mass is 10.3. The van der Waals surface area contributed by atoms with Crippen LogP contribution in [0.15, 0.2) is 35.2 Å². The molecule has 4 nitrogen and oxygen atoms in total. The predicted octanol–water partition coefficient (Wildman–Crippen LogP) is 3.20. The summed E-state index contributed by atoms with van der Waals surface area (Å²) in [6.07, 6.45) is 5.29. The first-order valence-electron chi connectivity index (χ1n) is 5.30. The first kappa shape index (κ1) is 10.3. The minimum Gasteiger partial charge on any atom is -0.464 e. The van der Waals surface area contributed by atoms with E-state index >= 15 is 0 Å². The fourth-order valence-electron chi connectivity index (χ4n) is 1.68. The smallest absolute Gasteiger partial charge is 0.139 e. The summed E-state index contributed by atoms with van der Waals surface area (Å²) in [4.78, 5) is 9.83. The number of fused-ring (bicyclic) bond motifs is 1. The van der Waals surface area contributed by atoms with Crippen LogP contribution in [0.5, 0.6) is 0 Å². The normalized spacial score (nSPS) is 10.9. The number of aryl methyl sites for hydroxylation is 1. The largest absolute Gasteiger partial charge is 0.464 e. The zero-order valence-corrected chi connectivity index (χ0v) is 10.1. The van der Waals surface area contributed by atoms with E-state index in [0.717, 1.165) is 21.8 Å². The highest BCUT2D eigenvalue weighted by molar-refractivity contribution is 7.11. The highest BCUT2D eigenvalue weighted by Gasteiger charge is 2.05. The fraction of sp³-hybridized carbons (Fsp3) is 0.167. The lowest BCUT2D eigenvalue weighted by Gasteiger charge is -2.03. The van der Waals surface area contributed by atoms with Crippen LogP contribution in [-0.2, 0) is 6.54 Å². The summed E-state index contributed by atoms with van der Waals surface area (Å²) in [6.45, 7) is 2.74. The van der Waals surface area contributed by atoms with Crippen molar-refractivity contribution in [2.45, 2.75) is 13.5 Å². The Kier molecular flexibility index (Phi) is 2.53. The van der Waals surface area contributed by atoms with Gasteiger partial charge in [0.15, 0.2) is 0 Å². The minimum absolute atomic E-state index is 0.690. The number of nitrogens with one attached hydrogen (secondary N) is 1. The van der Waals surface area contributed by atoms with E-state index in [1.807, 2.05) is 18.3 Å². The Labute approximate surface area is 102 Å². The van der Waals surface area contributed by atoms with Gasteiger partial charge in [-0.2, -0.15) is 0 Å². The zero-order valence-electron chi connectivity index (χ0n) is 9.30. The molecule has 0 saturated heterocycles. The van der Waals surface area contributed by atoms with Gasteiger partial charge in [-0.05, 0) is 19.1 Å². The van der Waals surface area contributed by atoms with Gasteiger partial charge >= 0.3 is 0 Å². The zero-order chi connectivity index (χ0) is 11.7. The van der Waals surface area contributed by atoms with Crippen LogP contribution in [0.25, 0.3) is 11.0 Å². The average Bonchev–Trinajstić information content (AvgIpc) is 2.94. The Balaban J connectivity index is 1.83. The summed E-state index contributed by atoms with van der Waals surface area (Å²) in [5.41, 5.74) is 0.845. The first-order chi connectivity index (χ1) is 8.33. The molecule has 0 spiro atoms. The molecule has 0 aliphatic carbocycles. The van der Waals surface area contributed by atoms with Crippen molar-refractivity contribution in [3.8, 4) is 0 Å². The van der Waals surface area contributed by atoms with Crippen molar-refractivity contribution in [3.05, 3.63) is 40.7 Å². The molecule has 5 heteroatoms. The summed E-state index contributed by atoms with van der Waals surface area (Å²) in [7, 11) is 0. The van der Waals surface area contributed by atoms with Crippen LogP contribution in [0.4, 0.5) is 5.82 Å². The van der Waals surface area contributed by atoms with E-state index < -0.39 is 0 Å². The van der Waals surface area contributed by atoms with Gasteiger partial charge in [-0.25, -0.2) is 9.97 Å². The number of hydrogen-bond donors (Lipinski definition) is 1. The van der Waals surface area contributed by atoms with Crippen LogP contribution in [-0.4, -0.2) is 9.97 Å². The molecular formula is C12H11N3OS.